The van der Waals surface area contributed by atoms with Crippen molar-refractivity contribution in [1.82, 2.24) is 57.3 Å². The van der Waals surface area contributed by atoms with Crippen molar-refractivity contribution in [3.05, 3.63) is 118 Å². The van der Waals surface area contributed by atoms with Crippen molar-refractivity contribution in [2.75, 3.05) is 173 Å². The second-order valence-corrected chi connectivity index (χ2v) is 32.7. The highest BCUT2D eigenvalue weighted by Crippen LogP contribution is 2.32. The molecule has 0 bridgehead atoms. The Morgan fingerprint density at radius 3 is 1.58 bits per heavy atom. The van der Waals surface area contributed by atoms with Gasteiger partial charge >= 0.3 is 18.0 Å². The summed E-state index contributed by atoms with van der Waals surface area (Å²) in [6, 6.07) is 20.2. The van der Waals surface area contributed by atoms with E-state index in [0.29, 0.717) is 154 Å². The summed E-state index contributed by atoms with van der Waals surface area (Å²) in [6.45, 7) is 26.1. The Morgan fingerprint density at radius 2 is 1.07 bits per heavy atom. The molecular formula is C90H141N11O25S. The predicted octanol–water partition coefficient (Wildman–Crippen LogP) is 6.15. The van der Waals surface area contributed by atoms with E-state index in [1.54, 1.807) is 89.9 Å². The Bertz CT molecular complexity index is 3830. The number of amides is 9. The van der Waals surface area contributed by atoms with Crippen molar-refractivity contribution >= 4 is 76.6 Å². The maximum atomic E-state index is 14.8. The van der Waals surface area contributed by atoms with Crippen LogP contribution in [0.2, 0.25) is 0 Å². The fourth-order valence-corrected chi connectivity index (χ4v) is 13.3. The van der Waals surface area contributed by atoms with Crippen molar-refractivity contribution in [2.45, 2.75) is 182 Å². The third-order valence-corrected chi connectivity index (χ3v) is 21.6. The number of likely N-dealkylation sites (N-methyl/N-ethyl adjacent to an activating group) is 2. The first kappa shape index (κ1) is 110. The van der Waals surface area contributed by atoms with E-state index in [1.165, 1.54) is 19.2 Å². The van der Waals surface area contributed by atoms with Crippen LogP contribution >= 0.6 is 11.3 Å². The molecule has 0 aliphatic rings. The number of alkyl carbamates (subject to hydrolysis) is 1. The van der Waals surface area contributed by atoms with E-state index in [-0.39, 0.29) is 88.8 Å². The minimum atomic E-state index is -1.25. The lowest BCUT2D eigenvalue weighted by molar-refractivity contribution is -0.149. The van der Waals surface area contributed by atoms with Gasteiger partial charge in [0.05, 0.1) is 137 Å². The number of rotatable bonds is 70. The lowest BCUT2D eigenvalue weighted by Gasteiger charge is -2.39. The van der Waals surface area contributed by atoms with Gasteiger partial charge in [-0.2, -0.15) is 0 Å². The lowest BCUT2D eigenvalue weighted by Crippen LogP contribution is -2.61. The zero-order valence-corrected chi connectivity index (χ0v) is 77.5. The van der Waals surface area contributed by atoms with E-state index in [0.717, 1.165) is 22.5 Å². The lowest BCUT2D eigenvalue weighted by atomic mass is 9.92. The molecule has 1 aromatic heterocycles. The zero-order chi connectivity index (χ0) is 93.3. The molecule has 9 N–H and O–H groups in total. The van der Waals surface area contributed by atoms with Crippen LogP contribution in [0.1, 0.15) is 153 Å². The summed E-state index contributed by atoms with van der Waals surface area (Å²) in [7, 11) is 4.93. The first-order chi connectivity index (χ1) is 60.8. The Hall–Kier alpha value is -9.38. The zero-order valence-electron chi connectivity index (χ0n) is 76.6. The molecule has 36 nitrogen and oxygen atoms in total. The van der Waals surface area contributed by atoms with Gasteiger partial charge in [0, 0.05) is 64.6 Å². The number of unbranched alkanes of at least 4 members (excludes halogenated alkanes) is 1. The number of hydrogen-bond acceptors (Lipinski definition) is 27. The Balaban J connectivity index is 1.19. The number of methoxy groups -OCH3 is 1. The molecule has 0 saturated heterocycles. The van der Waals surface area contributed by atoms with Crippen molar-refractivity contribution in [2.24, 2.45) is 23.7 Å². The van der Waals surface area contributed by atoms with Crippen LogP contribution in [0, 0.1) is 23.7 Å². The fraction of sp³-hybridized carbons (Fsp3) is 0.644. The molecule has 0 unspecified atom stereocenters. The standard InChI is InChI=1S/C90H141N11O25S/c1-15-64(6)80(86(109)101(13)75(62(2)3)56-76(126-67(9)102)85-96-74(61-127-85)83(107)95-71(54-65(7)87(110)111)55-68-29-31-72(32-30-68)124-58-69-24-18-16-19-25-69)99-88(112)90(10,11)100(12)35-34-92-77(103)57-93-81(105)66(8)94-84(108)79(63(4)5)98-82(106)73(97-89(113)125-59-70-26-20-17-21-27-70)28-22-23-33-91-78(104)60-123-53-52-122-51-50-121-49-48-120-47-46-119-45-44-118-43-42-117-41-40-116-39-38-115-37-36-114-14/h16-21,24-27,29-32,61-66,71,73,75-76,79-80H,15,22-23,28,33-60H2,1-14H3,(H,91,104)(H,92,103)(H,93,105)(H,94,108)(H,95,107)(H,97,113)(H,98,106)(H,99,112)(H,110,111)/t64-,65-,66-,71+,73-,75+,76+,79-,80-/m0/s1. The van der Waals surface area contributed by atoms with Crippen LogP contribution in [-0.4, -0.2) is 300 Å². The molecule has 0 aliphatic carbocycles. The number of esters is 1. The van der Waals surface area contributed by atoms with E-state index in [9.17, 15) is 57.8 Å². The number of ether oxygens (including phenoxy) is 13. The van der Waals surface area contributed by atoms with Crippen LogP contribution in [0.25, 0.3) is 0 Å². The minimum absolute atomic E-state index is 0.0289. The second kappa shape index (κ2) is 63.6. The molecule has 0 radical (unpaired) electrons. The maximum absolute atomic E-state index is 14.8. The van der Waals surface area contributed by atoms with Crippen molar-refractivity contribution < 1.29 is 119 Å². The number of carboxylic acids is 1. The molecule has 4 aromatic rings. The minimum Gasteiger partial charge on any atom is -0.489 e. The number of nitrogens with one attached hydrogen (secondary N) is 8. The summed E-state index contributed by atoms with van der Waals surface area (Å²) >= 11 is 1.10. The molecule has 127 heavy (non-hydrogen) atoms. The number of aromatic nitrogens is 1. The molecule has 9 amide bonds. The largest absolute Gasteiger partial charge is 0.489 e. The average Bonchev–Trinajstić information content (AvgIpc) is 1.73. The number of nitrogens with zero attached hydrogens (tertiary/aromatic N) is 3. The van der Waals surface area contributed by atoms with Gasteiger partial charge in [0.2, 0.25) is 41.4 Å². The number of hydrogen-bond donors (Lipinski definition) is 9. The molecule has 9 atom stereocenters. The number of benzene rings is 3. The Kier molecular flexibility index (Phi) is 55.0. The maximum Gasteiger partial charge on any atom is 0.408 e. The topological polar surface area (TPSA) is 444 Å². The van der Waals surface area contributed by atoms with Crippen molar-refractivity contribution in [3.63, 3.8) is 0 Å². The highest BCUT2D eigenvalue weighted by atomic mass is 32.1. The Labute approximate surface area is 752 Å². The number of carboxylic acid groups (broad SMARTS) is 1. The molecule has 4 rings (SSSR count). The summed E-state index contributed by atoms with van der Waals surface area (Å²) in [5.74, 6) is -7.40. The van der Waals surface area contributed by atoms with Gasteiger partial charge in [-0.25, -0.2) is 9.78 Å². The summed E-state index contributed by atoms with van der Waals surface area (Å²) in [5, 5.41) is 33.7. The molecule has 0 aliphatic heterocycles. The summed E-state index contributed by atoms with van der Waals surface area (Å²) in [4.78, 5) is 156. The molecule has 3 aromatic carbocycles. The second-order valence-electron chi connectivity index (χ2n) is 31.8. The van der Waals surface area contributed by atoms with Gasteiger partial charge < -0.3 is 114 Å². The predicted molar refractivity (Wildman–Crippen MR) is 474 cm³/mol. The van der Waals surface area contributed by atoms with Gasteiger partial charge in [0.1, 0.15) is 60.4 Å². The van der Waals surface area contributed by atoms with Crippen LogP contribution in [-0.2, 0) is 120 Å². The van der Waals surface area contributed by atoms with Gasteiger partial charge in [-0.3, -0.25) is 52.8 Å². The van der Waals surface area contributed by atoms with Gasteiger partial charge in [0.15, 0.2) is 6.10 Å². The van der Waals surface area contributed by atoms with Gasteiger partial charge in [0.25, 0.3) is 5.91 Å². The number of aliphatic carboxylic acids is 1. The SMILES string of the molecule is CC[C@H](C)[C@H](NC(=O)C(C)(C)N(C)CCNC(=O)CNC(=O)[C@H](C)NC(=O)[C@@H](NC(=O)[C@H](CCCCNC(=O)COCCOCCOCCOCCOCCOCCOCCOCCOCCOC)NC(=O)OCc1ccccc1)C(C)C)C(=O)N(C)[C@H](C[C@@H](OC(C)=O)c1nc(C(=O)N[C@@H](Cc2ccc(OCc3ccccc3)cc2)C[C@H](C)C(=O)O)cs1)C(C)C. The van der Waals surface area contributed by atoms with Crippen molar-refractivity contribution in [1.29, 1.82) is 0 Å². The summed E-state index contributed by atoms with van der Waals surface area (Å²) in [5.41, 5.74) is 1.34. The smallest absolute Gasteiger partial charge is 0.408 e. The highest BCUT2D eigenvalue weighted by Gasteiger charge is 2.40. The summed E-state index contributed by atoms with van der Waals surface area (Å²) < 4.78 is 71.5. The van der Waals surface area contributed by atoms with Gasteiger partial charge in [-0.1, -0.05) is 128 Å². The fourth-order valence-electron chi connectivity index (χ4n) is 12.5. The average molecular weight is 1810 g/mol. The monoisotopic (exact) mass is 1810 g/mol. The first-order valence-electron chi connectivity index (χ1n) is 43.6. The molecule has 0 fully saturated rings. The third kappa shape index (κ3) is 45.9. The van der Waals surface area contributed by atoms with Crippen LogP contribution in [0.15, 0.2) is 90.3 Å². The molecular weight excluding hydrogens is 1670 g/mol. The van der Waals surface area contributed by atoms with Crippen molar-refractivity contribution in [3.8, 4) is 5.75 Å². The summed E-state index contributed by atoms with van der Waals surface area (Å²) in [6.07, 6.45) is -0.0415. The van der Waals surface area contributed by atoms with Crippen LogP contribution in [0.4, 0.5) is 4.79 Å². The normalized spacial score (nSPS) is 13.6. The quantitative estimate of drug-likeness (QED) is 0.0177. The van der Waals surface area contributed by atoms with Gasteiger partial charge in [-0.15, -0.1) is 11.3 Å². The number of carbonyl (C=O) groups excluding carboxylic acids is 10. The number of thiazole rings is 1. The third-order valence-electron chi connectivity index (χ3n) is 20.6. The van der Waals surface area contributed by atoms with E-state index < -0.39 is 126 Å². The molecule has 1 heterocycles. The Morgan fingerprint density at radius 1 is 0.543 bits per heavy atom. The van der Waals surface area contributed by atoms with E-state index >= 15 is 0 Å². The van der Waals surface area contributed by atoms with E-state index in [2.05, 4.69) is 47.5 Å². The highest BCUT2D eigenvalue weighted by molar-refractivity contribution is 7.09. The molecule has 0 saturated carbocycles. The van der Waals surface area contributed by atoms with E-state index in [4.69, 9.17) is 61.6 Å². The first-order valence-corrected chi connectivity index (χ1v) is 44.5. The number of carbonyl (C=O) groups is 11. The molecule has 0 spiro atoms. The van der Waals surface area contributed by atoms with Gasteiger partial charge in [-0.05, 0) is 106 Å². The van der Waals surface area contributed by atoms with E-state index in [1.807, 2.05) is 88.4 Å². The van der Waals surface area contributed by atoms with Crippen LogP contribution in [0.3, 0.4) is 0 Å². The van der Waals surface area contributed by atoms with Crippen LogP contribution < -0.4 is 47.3 Å². The molecule has 712 valence electrons. The van der Waals surface area contributed by atoms with Crippen LogP contribution in [0.5, 0.6) is 5.75 Å². The molecule has 37 heteroatoms.